The molecule has 0 fully saturated rings. The van der Waals surface area contributed by atoms with Crippen molar-refractivity contribution in [1.29, 1.82) is 0 Å². The predicted octanol–water partition coefficient (Wildman–Crippen LogP) is 3.64. The molecule has 1 aromatic rings. The van der Waals surface area contributed by atoms with Gasteiger partial charge in [0.15, 0.2) is 5.13 Å². The molecule has 19 heavy (non-hydrogen) atoms. The Labute approximate surface area is 122 Å². The van der Waals surface area contributed by atoms with Crippen molar-refractivity contribution in [2.75, 3.05) is 25.0 Å². The second-order valence-corrected chi connectivity index (χ2v) is 7.62. The first kappa shape index (κ1) is 16.4. The molecule has 4 heteroatoms. The summed E-state index contributed by atoms with van der Waals surface area (Å²) >= 11 is 1.82. The monoisotopic (exact) mass is 283 g/mol. The van der Waals surface area contributed by atoms with E-state index in [9.17, 15) is 0 Å². The molecule has 0 saturated heterocycles. The molecule has 0 aliphatic carbocycles. The second-order valence-electron chi connectivity index (χ2n) is 6.56. The van der Waals surface area contributed by atoms with Crippen LogP contribution in [0.1, 0.15) is 52.1 Å². The van der Waals surface area contributed by atoms with Crippen LogP contribution in [-0.2, 0) is 12.0 Å². The zero-order valence-corrected chi connectivity index (χ0v) is 14.3. The van der Waals surface area contributed by atoms with E-state index in [2.05, 4.69) is 58.8 Å². The van der Waals surface area contributed by atoms with E-state index >= 15 is 0 Å². The number of hydrogen-bond donors (Lipinski definition) is 1. The fourth-order valence-corrected chi connectivity index (χ4v) is 3.08. The summed E-state index contributed by atoms with van der Waals surface area (Å²) in [6, 6.07) is 0. The van der Waals surface area contributed by atoms with Gasteiger partial charge in [0, 0.05) is 30.4 Å². The summed E-state index contributed by atoms with van der Waals surface area (Å²) in [7, 11) is 2.11. The van der Waals surface area contributed by atoms with Crippen molar-refractivity contribution < 1.29 is 0 Å². The quantitative estimate of drug-likeness (QED) is 0.864. The van der Waals surface area contributed by atoms with Crippen molar-refractivity contribution in [3.63, 3.8) is 0 Å². The number of nitrogens with zero attached hydrogens (tertiary/aromatic N) is 2. The van der Waals surface area contributed by atoms with Crippen LogP contribution >= 0.6 is 11.3 Å². The van der Waals surface area contributed by atoms with Crippen molar-refractivity contribution in [3.05, 3.63) is 10.6 Å². The van der Waals surface area contributed by atoms with E-state index in [0.29, 0.717) is 5.92 Å². The molecule has 1 N–H and O–H groups in total. The largest absolute Gasteiger partial charge is 0.351 e. The topological polar surface area (TPSA) is 28.2 Å². The van der Waals surface area contributed by atoms with Gasteiger partial charge in [0.2, 0.25) is 0 Å². The van der Waals surface area contributed by atoms with Gasteiger partial charge in [-0.25, -0.2) is 4.98 Å². The number of hydrogen-bond acceptors (Lipinski definition) is 4. The van der Waals surface area contributed by atoms with E-state index in [0.717, 1.165) is 24.8 Å². The molecule has 0 radical (unpaired) electrons. The first-order chi connectivity index (χ1) is 8.75. The molecule has 0 atom stereocenters. The maximum atomic E-state index is 4.85. The van der Waals surface area contributed by atoms with Crippen molar-refractivity contribution in [2.45, 2.75) is 53.5 Å². The van der Waals surface area contributed by atoms with Gasteiger partial charge in [-0.3, -0.25) is 0 Å². The fraction of sp³-hybridized carbons (Fsp3) is 0.800. The number of thiazole rings is 1. The molecule has 0 spiro atoms. The fourth-order valence-electron chi connectivity index (χ4n) is 1.82. The van der Waals surface area contributed by atoms with Crippen LogP contribution in [0.2, 0.25) is 0 Å². The highest BCUT2D eigenvalue weighted by atomic mass is 32.1. The normalized spacial score (nSPS) is 12.2. The smallest absolute Gasteiger partial charge is 0.185 e. The standard InChI is InChI=1S/C15H29N3S/c1-8-18(7)14-17-13(15(4,5)6)12(19-14)10-16-9-11(2)3/h11,16H,8-10H2,1-7H3. The SMILES string of the molecule is CCN(C)c1nc(C(C)(C)C)c(CNCC(C)C)s1. The Bertz CT molecular complexity index is 391. The zero-order valence-electron chi connectivity index (χ0n) is 13.5. The summed E-state index contributed by atoms with van der Waals surface area (Å²) < 4.78 is 0. The Balaban J connectivity index is 2.90. The lowest BCUT2D eigenvalue weighted by Gasteiger charge is -2.18. The highest BCUT2D eigenvalue weighted by Crippen LogP contribution is 2.33. The molecule has 0 saturated carbocycles. The third kappa shape index (κ3) is 4.77. The molecule has 0 bridgehead atoms. The van der Waals surface area contributed by atoms with Gasteiger partial charge < -0.3 is 10.2 Å². The molecule has 0 amide bonds. The van der Waals surface area contributed by atoms with Gasteiger partial charge in [-0.2, -0.15) is 0 Å². The molecule has 1 heterocycles. The average molecular weight is 283 g/mol. The molecule has 110 valence electrons. The maximum absolute atomic E-state index is 4.85. The van der Waals surface area contributed by atoms with Crippen LogP contribution in [0.4, 0.5) is 5.13 Å². The molecule has 1 rings (SSSR count). The summed E-state index contributed by atoms with van der Waals surface area (Å²) in [5, 5.41) is 4.67. The number of anilines is 1. The van der Waals surface area contributed by atoms with E-state index in [1.807, 2.05) is 11.3 Å². The van der Waals surface area contributed by atoms with E-state index in [-0.39, 0.29) is 5.41 Å². The van der Waals surface area contributed by atoms with Crippen molar-refractivity contribution in [3.8, 4) is 0 Å². The van der Waals surface area contributed by atoms with Crippen LogP contribution < -0.4 is 10.2 Å². The van der Waals surface area contributed by atoms with Gasteiger partial charge in [0.1, 0.15) is 0 Å². The third-order valence-electron chi connectivity index (χ3n) is 3.04. The minimum atomic E-state index is 0.109. The molecule has 0 unspecified atom stereocenters. The molecule has 1 aromatic heterocycles. The number of rotatable bonds is 6. The lowest BCUT2D eigenvalue weighted by atomic mass is 9.91. The van der Waals surface area contributed by atoms with Crippen molar-refractivity contribution in [1.82, 2.24) is 10.3 Å². The molecule has 0 aromatic carbocycles. The lowest BCUT2D eigenvalue weighted by molar-refractivity contribution is 0.535. The maximum Gasteiger partial charge on any atom is 0.185 e. The van der Waals surface area contributed by atoms with Crippen LogP contribution in [0.3, 0.4) is 0 Å². The summed E-state index contributed by atoms with van der Waals surface area (Å²) in [6.07, 6.45) is 0. The third-order valence-corrected chi connectivity index (χ3v) is 4.21. The Kier molecular flexibility index (Phi) is 5.81. The summed E-state index contributed by atoms with van der Waals surface area (Å²) in [4.78, 5) is 8.45. The van der Waals surface area contributed by atoms with E-state index < -0.39 is 0 Å². The first-order valence-corrected chi connectivity index (χ1v) is 7.99. The minimum Gasteiger partial charge on any atom is -0.351 e. The van der Waals surface area contributed by atoms with Crippen LogP contribution in [0.25, 0.3) is 0 Å². The highest BCUT2D eigenvalue weighted by Gasteiger charge is 2.23. The Morgan fingerprint density at radius 3 is 2.42 bits per heavy atom. The van der Waals surface area contributed by atoms with Crippen LogP contribution in [0.5, 0.6) is 0 Å². The lowest BCUT2D eigenvalue weighted by Crippen LogP contribution is -2.21. The molecular weight excluding hydrogens is 254 g/mol. The van der Waals surface area contributed by atoms with Gasteiger partial charge in [0.25, 0.3) is 0 Å². The van der Waals surface area contributed by atoms with E-state index in [1.54, 1.807) is 0 Å². The van der Waals surface area contributed by atoms with E-state index in [4.69, 9.17) is 4.98 Å². The van der Waals surface area contributed by atoms with Crippen LogP contribution in [-0.4, -0.2) is 25.1 Å². The molecule has 3 nitrogen and oxygen atoms in total. The van der Waals surface area contributed by atoms with Gasteiger partial charge in [0.05, 0.1) is 5.69 Å². The molecular formula is C15H29N3S. The number of aromatic nitrogens is 1. The van der Waals surface area contributed by atoms with Gasteiger partial charge in [-0.05, 0) is 19.4 Å². The first-order valence-electron chi connectivity index (χ1n) is 7.17. The van der Waals surface area contributed by atoms with Crippen LogP contribution in [0.15, 0.2) is 0 Å². The van der Waals surface area contributed by atoms with Gasteiger partial charge >= 0.3 is 0 Å². The van der Waals surface area contributed by atoms with Gasteiger partial charge in [-0.15, -0.1) is 11.3 Å². The van der Waals surface area contributed by atoms with Crippen molar-refractivity contribution >= 4 is 16.5 Å². The van der Waals surface area contributed by atoms with Gasteiger partial charge in [-0.1, -0.05) is 34.6 Å². The Hall–Kier alpha value is -0.610. The molecule has 0 aliphatic heterocycles. The minimum absolute atomic E-state index is 0.109. The summed E-state index contributed by atoms with van der Waals surface area (Å²) in [5.74, 6) is 0.684. The second kappa shape index (κ2) is 6.71. The average Bonchev–Trinajstić information content (AvgIpc) is 2.71. The Morgan fingerprint density at radius 2 is 1.95 bits per heavy atom. The molecule has 0 aliphatic rings. The zero-order chi connectivity index (χ0) is 14.6. The predicted molar refractivity (Wildman–Crippen MR) is 86.3 cm³/mol. The number of nitrogens with one attached hydrogen (secondary N) is 1. The Morgan fingerprint density at radius 1 is 1.32 bits per heavy atom. The van der Waals surface area contributed by atoms with Crippen molar-refractivity contribution in [2.24, 2.45) is 5.92 Å². The highest BCUT2D eigenvalue weighted by molar-refractivity contribution is 7.15. The summed E-state index contributed by atoms with van der Waals surface area (Å²) in [5.41, 5.74) is 1.35. The van der Waals surface area contributed by atoms with Crippen LogP contribution in [0, 0.1) is 5.92 Å². The van der Waals surface area contributed by atoms with E-state index in [1.165, 1.54) is 10.6 Å². The summed E-state index contributed by atoms with van der Waals surface area (Å²) in [6.45, 7) is 16.3.